The Labute approximate surface area is 147 Å². The molecule has 0 unspecified atom stereocenters. The van der Waals surface area contributed by atoms with Crippen LogP contribution in [-0.4, -0.2) is 62.2 Å². The smallest absolute Gasteiger partial charge is 0.224 e. The number of hydrogen-bond donors (Lipinski definition) is 2. The summed E-state index contributed by atoms with van der Waals surface area (Å²) in [4.78, 5) is 18.4. The quantitative estimate of drug-likeness (QED) is 0.344. The summed E-state index contributed by atoms with van der Waals surface area (Å²) < 4.78 is 5.85. The summed E-state index contributed by atoms with van der Waals surface area (Å²) in [6, 6.07) is 0. The third kappa shape index (κ3) is 8.52. The van der Waals surface area contributed by atoms with Gasteiger partial charge in [0.1, 0.15) is 0 Å². The minimum atomic E-state index is 0.188. The lowest BCUT2D eigenvalue weighted by molar-refractivity contribution is -0.130. The summed E-state index contributed by atoms with van der Waals surface area (Å²) in [5.74, 6) is 0.971. The van der Waals surface area contributed by atoms with Crippen molar-refractivity contribution in [3.05, 3.63) is 0 Å². The van der Waals surface area contributed by atoms with Gasteiger partial charge >= 0.3 is 0 Å². The van der Waals surface area contributed by atoms with E-state index >= 15 is 0 Å². The molecule has 0 bridgehead atoms. The van der Waals surface area contributed by atoms with Gasteiger partial charge in [-0.05, 0) is 40.0 Å². The van der Waals surface area contributed by atoms with Crippen molar-refractivity contribution in [2.45, 2.75) is 65.4 Å². The highest BCUT2D eigenvalue weighted by Gasteiger charge is 2.14. The molecular weight excluding hydrogens is 304 g/mol. The van der Waals surface area contributed by atoms with Gasteiger partial charge in [-0.1, -0.05) is 12.8 Å². The number of rotatable bonds is 11. The Kier molecular flexibility index (Phi) is 11.3. The van der Waals surface area contributed by atoms with Crippen LogP contribution in [0.2, 0.25) is 0 Å². The molecule has 1 fully saturated rings. The summed E-state index contributed by atoms with van der Waals surface area (Å²) in [6.07, 6.45) is 6.96. The predicted molar refractivity (Wildman–Crippen MR) is 99.4 cm³/mol. The fourth-order valence-corrected chi connectivity index (χ4v) is 2.92. The van der Waals surface area contributed by atoms with E-state index in [-0.39, 0.29) is 5.91 Å². The molecular formula is C18H36N4O2. The zero-order chi connectivity index (χ0) is 17.6. The molecule has 0 aromatic carbocycles. The van der Waals surface area contributed by atoms with Gasteiger partial charge in [-0.15, -0.1) is 0 Å². The third-order valence-electron chi connectivity index (χ3n) is 4.32. The molecule has 1 amide bonds. The van der Waals surface area contributed by atoms with Crippen molar-refractivity contribution in [2.24, 2.45) is 4.99 Å². The van der Waals surface area contributed by atoms with Crippen LogP contribution >= 0.6 is 0 Å². The van der Waals surface area contributed by atoms with Gasteiger partial charge in [0.15, 0.2) is 5.96 Å². The number of ether oxygens (including phenoxy) is 1. The molecule has 0 spiro atoms. The number of carbonyl (C=O) groups is 1. The molecule has 1 saturated carbocycles. The van der Waals surface area contributed by atoms with Gasteiger partial charge in [0, 0.05) is 45.8 Å². The van der Waals surface area contributed by atoms with Crippen molar-refractivity contribution in [3.63, 3.8) is 0 Å². The van der Waals surface area contributed by atoms with E-state index in [2.05, 4.69) is 15.6 Å². The summed E-state index contributed by atoms with van der Waals surface area (Å²) in [7, 11) is 0. The number of nitrogens with one attached hydrogen (secondary N) is 2. The second-order valence-electron chi connectivity index (χ2n) is 6.13. The molecule has 24 heavy (non-hydrogen) atoms. The van der Waals surface area contributed by atoms with Crippen LogP contribution in [0.1, 0.15) is 59.3 Å². The molecule has 1 aliphatic carbocycles. The maximum atomic E-state index is 12.0. The molecule has 1 aliphatic rings. The first-order chi connectivity index (χ1) is 11.7. The fourth-order valence-electron chi connectivity index (χ4n) is 2.92. The maximum Gasteiger partial charge on any atom is 0.224 e. The fraction of sp³-hybridized carbons (Fsp3) is 0.889. The lowest BCUT2D eigenvalue weighted by Crippen LogP contribution is -2.40. The summed E-state index contributed by atoms with van der Waals surface area (Å²) in [6.45, 7) is 10.5. The summed E-state index contributed by atoms with van der Waals surface area (Å²) >= 11 is 0. The number of aliphatic imine (C=N–C) groups is 1. The van der Waals surface area contributed by atoms with Gasteiger partial charge in [-0.2, -0.15) is 0 Å². The molecule has 6 nitrogen and oxygen atoms in total. The zero-order valence-electron chi connectivity index (χ0n) is 15.8. The normalized spacial score (nSPS) is 15.5. The van der Waals surface area contributed by atoms with Gasteiger partial charge < -0.3 is 20.3 Å². The van der Waals surface area contributed by atoms with Crippen LogP contribution in [-0.2, 0) is 9.53 Å². The van der Waals surface area contributed by atoms with Crippen LogP contribution in [0.4, 0.5) is 0 Å². The Bertz CT molecular complexity index is 364. The monoisotopic (exact) mass is 340 g/mol. The van der Waals surface area contributed by atoms with Crippen molar-refractivity contribution in [1.82, 2.24) is 15.5 Å². The van der Waals surface area contributed by atoms with E-state index in [9.17, 15) is 4.79 Å². The molecule has 140 valence electrons. The van der Waals surface area contributed by atoms with Crippen LogP contribution in [0.3, 0.4) is 0 Å². The number of hydrogen-bond acceptors (Lipinski definition) is 3. The lowest BCUT2D eigenvalue weighted by Gasteiger charge is -2.19. The first-order valence-corrected chi connectivity index (χ1v) is 9.62. The molecule has 6 heteroatoms. The minimum Gasteiger partial charge on any atom is -0.378 e. The number of nitrogens with zero attached hydrogens (tertiary/aromatic N) is 2. The molecule has 0 aliphatic heterocycles. The highest BCUT2D eigenvalue weighted by molar-refractivity contribution is 5.81. The molecule has 0 radical (unpaired) electrons. The number of amides is 1. The molecule has 2 N–H and O–H groups in total. The Morgan fingerprint density at radius 1 is 1.17 bits per heavy atom. The molecule has 0 aromatic rings. The van der Waals surface area contributed by atoms with Crippen LogP contribution in [0.5, 0.6) is 0 Å². The van der Waals surface area contributed by atoms with Gasteiger partial charge in [0.2, 0.25) is 5.91 Å². The van der Waals surface area contributed by atoms with E-state index in [1.54, 1.807) is 0 Å². The van der Waals surface area contributed by atoms with Crippen molar-refractivity contribution in [2.75, 3.05) is 39.3 Å². The highest BCUT2D eigenvalue weighted by atomic mass is 16.5. The van der Waals surface area contributed by atoms with Crippen molar-refractivity contribution < 1.29 is 9.53 Å². The standard InChI is InChI=1S/C18H36N4O2/c1-4-19-18(21-14-12-17(23)22(5-2)6-3)20-13-9-15-24-16-10-7-8-11-16/h16H,4-15H2,1-3H3,(H2,19,20,21). The van der Waals surface area contributed by atoms with Crippen molar-refractivity contribution in [3.8, 4) is 0 Å². The topological polar surface area (TPSA) is 66.0 Å². The van der Waals surface area contributed by atoms with E-state index in [4.69, 9.17) is 4.74 Å². The average Bonchev–Trinajstić information content (AvgIpc) is 3.09. The SMILES string of the molecule is CCNC(=NCCCOC1CCCC1)NCCC(=O)N(CC)CC. The minimum absolute atomic E-state index is 0.188. The summed E-state index contributed by atoms with van der Waals surface area (Å²) in [5.41, 5.74) is 0. The van der Waals surface area contributed by atoms with E-state index in [0.29, 0.717) is 19.1 Å². The largest absolute Gasteiger partial charge is 0.378 e. The predicted octanol–water partition coefficient (Wildman–Crippen LogP) is 2.15. The molecule has 1 rings (SSSR count). The number of carbonyl (C=O) groups excluding carboxylic acids is 1. The van der Waals surface area contributed by atoms with Gasteiger partial charge in [-0.25, -0.2) is 0 Å². The average molecular weight is 341 g/mol. The van der Waals surface area contributed by atoms with E-state index < -0.39 is 0 Å². The van der Waals surface area contributed by atoms with E-state index in [0.717, 1.165) is 45.2 Å². The maximum absolute atomic E-state index is 12.0. The zero-order valence-corrected chi connectivity index (χ0v) is 15.8. The van der Waals surface area contributed by atoms with Gasteiger partial charge in [-0.3, -0.25) is 9.79 Å². The molecule has 0 aromatic heterocycles. The van der Waals surface area contributed by atoms with E-state index in [1.807, 2.05) is 25.7 Å². The van der Waals surface area contributed by atoms with Crippen LogP contribution in [0.15, 0.2) is 4.99 Å². The van der Waals surface area contributed by atoms with Crippen LogP contribution < -0.4 is 10.6 Å². The van der Waals surface area contributed by atoms with Gasteiger partial charge in [0.25, 0.3) is 0 Å². The number of guanidine groups is 1. The second kappa shape index (κ2) is 13.0. The Balaban J connectivity index is 2.20. The van der Waals surface area contributed by atoms with Gasteiger partial charge in [0.05, 0.1) is 6.10 Å². The van der Waals surface area contributed by atoms with E-state index in [1.165, 1.54) is 25.7 Å². The third-order valence-corrected chi connectivity index (χ3v) is 4.32. The van der Waals surface area contributed by atoms with Crippen molar-refractivity contribution >= 4 is 11.9 Å². The first-order valence-electron chi connectivity index (χ1n) is 9.62. The van der Waals surface area contributed by atoms with Crippen molar-refractivity contribution in [1.29, 1.82) is 0 Å². The molecule has 0 atom stereocenters. The van der Waals surface area contributed by atoms with Crippen LogP contribution in [0, 0.1) is 0 Å². The molecule has 0 saturated heterocycles. The van der Waals surface area contributed by atoms with Crippen LogP contribution in [0.25, 0.3) is 0 Å². The Hall–Kier alpha value is -1.30. The second-order valence-corrected chi connectivity index (χ2v) is 6.13. The Morgan fingerprint density at radius 3 is 2.50 bits per heavy atom. The molecule has 0 heterocycles. The summed E-state index contributed by atoms with van der Waals surface area (Å²) in [5, 5.41) is 6.46. The first kappa shape index (κ1) is 20.7. The lowest BCUT2D eigenvalue weighted by atomic mass is 10.3. The highest BCUT2D eigenvalue weighted by Crippen LogP contribution is 2.20. The Morgan fingerprint density at radius 2 is 1.88 bits per heavy atom.